The molecule has 2 nitrogen and oxygen atoms in total. The van der Waals surface area contributed by atoms with Gasteiger partial charge in [0.05, 0.1) is 22.1 Å². The predicted octanol–water partition coefficient (Wildman–Crippen LogP) is 11.2. The first-order valence-electron chi connectivity index (χ1n) is 15.2. The summed E-state index contributed by atoms with van der Waals surface area (Å²) in [6.07, 6.45) is 1.10. The van der Waals surface area contributed by atoms with Gasteiger partial charge in [-0.25, -0.2) is 0 Å². The summed E-state index contributed by atoms with van der Waals surface area (Å²) in [6.45, 7) is 16.3. The topological polar surface area (TPSA) is 9.86 Å². The van der Waals surface area contributed by atoms with Crippen LogP contribution in [0.3, 0.4) is 0 Å². The lowest BCUT2D eigenvalue weighted by atomic mass is 9.71. The van der Waals surface area contributed by atoms with E-state index in [1.165, 1.54) is 71.7 Å². The van der Waals surface area contributed by atoms with E-state index in [1.807, 2.05) is 0 Å². The zero-order valence-corrected chi connectivity index (χ0v) is 25.9. The van der Waals surface area contributed by atoms with Gasteiger partial charge in [0.25, 0.3) is 0 Å². The molecule has 5 aromatic carbocycles. The minimum atomic E-state index is -0.00212. The Labute approximate surface area is 249 Å². The molecule has 0 saturated carbocycles. The van der Waals surface area contributed by atoms with Crippen molar-refractivity contribution in [2.75, 3.05) is 0 Å². The smallest absolute Gasteiger partial charge is 0.0641 e. The fraction of sp³-hybridized carbons (Fsp3) is 0.250. The van der Waals surface area contributed by atoms with E-state index in [4.69, 9.17) is 0 Å². The van der Waals surface area contributed by atoms with Crippen molar-refractivity contribution in [1.82, 2.24) is 9.13 Å². The second-order valence-corrected chi connectivity index (χ2v) is 14.0. The Bertz CT molecular complexity index is 2140. The Kier molecular flexibility index (Phi) is 5.92. The van der Waals surface area contributed by atoms with Crippen LogP contribution in [0.5, 0.6) is 0 Å². The first-order valence-corrected chi connectivity index (χ1v) is 15.2. The molecule has 210 valence electrons. The van der Waals surface area contributed by atoms with Gasteiger partial charge in [-0.05, 0) is 78.6 Å². The maximum absolute atomic E-state index is 2.53. The van der Waals surface area contributed by atoms with E-state index in [2.05, 4.69) is 161 Å². The van der Waals surface area contributed by atoms with Crippen molar-refractivity contribution in [1.29, 1.82) is 0 Å². The van der Waals surface area contributed by atoms with Gasteiger partial charge in [0, 0.05) is 32.9 Å². The normalized spacial score (nSPS) is 12.7. The number of hydrogen-bond donors (Lipinski definition) is 0. The van der Waals surface area contributed by atoms with Crippen molar-refractivity contribution in [3.63, 3.8) is 0 Å². The Hall–Kier alpha value is -4.30. The van der Waals surface area contributed by atoms with Gasteiger partial charge in [0.1, 0.15) is 0 Å². The van der Waals surface area contributed by atoms with Crippen LogP contribution < -0.4 is 0 Å². The number of hydrogen-bond acceptors (Lipinski definition) is 0. The lowest BCUT2D eigenvalue weighted by Crippen LogP contribution is -2.26. The molecule has 7 aromatic rings. The van der Waals surface area contributed by atoms with Gasteiger partial charge in [0.15, 0.2) is 0 Å². The molecule has 2 heteroatoms. The molecule has 0 aliphatic carbocycles. The summed E-state index contributed by atoms with van der Waals surface area (Å²) in [6, 6.07) is 38.4. The minimum absolute atomic E-state index is 0.00212. The van der Waals surface area contributed by atoms with E-state index in [9.17, 15) is 0 Å². The van der Waals surface area contributed by atoms with Crippen LogP contribution in [0.2, 0.25) is 0 Å². The molecule has 0 fully saturated rings. The summed E-state index contributed by atoms with van der Waals surface area (Å²) in [5, 5.41) is 5.17. The molecule has 0 saturated heterocycles. The Balaban J connectivity index is 1.65. The highest BCUT2D eigenvalue weighted by Gasteiger charge is 2.31. The highest BCUT2D eigenvalue weighted by Crippen LogP contribution is 2.45. The average Bonchev–Trinajstić information content (AvgIpc) is 3.45. The zero-order valence-electron chi connectivity index (χ0n) is 25.9. The zero-order chi connectivity index (χ0) is 29.4. The Morgan fingerprint density at radius 1 is 0.548 bits per heavy atom. The Morgan fingerprint density at radius 3 is 1.93 bits per heavy atom. The molecule has 0 amide bonds. The van der Waals surface area contributed by atoms with Crippen LogP contribution >= 0.6 is 0 Å². The fourth-order valence-corrected chi connectivity index (χ4v) is 7.61. The molecule has 0 N–H and O–H groups in total. The van der Waals surface area contributed by atoms with Crippen LogP contribution in [-0.4, -0.2) is 9.13 Å². The standard InChI is InChI=1S/C40H40N2/c1-26-13-12-14-28(23-26)41-33-17-10-8-15-29(33)30-20-22-36-37(38(30)41)31-16-9-11-18-34(31)42(36)35-21-19-27(2)24-32(35)40(6,7)25-39(3,4)5/h8-24H,25H2,1-7H3. The molecule has 2 aromatic heterocycles. The van der Waals surface area contributed by atoms with Crippen LogP contribution in [0.15, 0.2) is 103 Å². The molecule has 42 heavy (non-hydrogen) atoms. The number of aromatic nitrogens is 2. The van der Waals surface area contributed by atoms with Gasteiger partial charge in [0.2, 0.25) is 0 Å². The van der Waals surface area contributed by atoms with E-state index < -0.39 is 0 Å². The lowest BCUT2D eigenvalue weighted by Gasteiger charge is -2.35. The van der Waals surface area contributed by atoms with Gasteiger partial charge in [-0.1, -0.05) is 107 Å². The van der Waals surface area contributed by atoms with Crippen molar-refractivity contribution in [2.45, 2.75) is 60.3 Å². The maximum Gasteiger partial charge on any atom is 0.0641 e. The third-order valence-corrected chi connectivity index (χ3v) is 8.82. The number of aryl methyl sites for hydroxylation is 2. The predicted molar refractivity (Wildman–Crippen MR) is 182 cm³/mol. The molecule has 7 rings (SSSR count). The van der Waals surface area contributed by atoms with Crippen molar-refractivity contribution in [3.05, 3.63) is 120 Å². The lowest BCUT2D eigenvalue weighted by molar-refractivity contribution is 0.284. The third-order valence-electron chi connectivity index (χ3n) is 8.82. The van der Waals surface area contributed by atoms with E-state index in [0.717, 1.165) is 6.42 Å². The van der Waals surface area contributed by atoms with Crippen molar-refractivity contribution in [3.8, 4) is 11.4 Å². The summed E-state index contributed by atoms with van der Waals surface area (Å²) in [7, 11) is 0. The SMILES string of the molecule is Cc1cccc(-n2c3ccccc3c3ccc4c(c5ccccc5n4-c4ccc(C)cc4C(C)(C)CC(C)(C)C)c32)c1. The van der Waals surface area contributed by atoms with Crippen LogP contribution in [0.25, 0.3) is 55.0 Å². The molecule has 0 aliphatic rings. The second-order valence-electron chi connectivity index (χ2n) is 14.0. The first-order chi connectivity index (χ1) is 20.0. The minimum Gasteiger partial charge on any atom is -0.309 e. The second kappa shape index (κ2) is 9.36. The molecule has 0 aliphatic heterocycles. The molecular weight excluding hydrogens is 508 g/mol. The van der Waals surface area contributed by atoms with Crippen molar-refractivity contribution >= 4 is 43.6 Å². The highest BCUT2D eigenvalue weighted by molar-refractivity contribution is 6.26. The summed E-state index contributed by atoms with van der Waals surface area (Å²) < 4.78 is 5.01. The van der Waals surface area contributed by atoms with Crippen LogP contribution in [0, 0.1) is 19.3 Å². The highest BCUT2D eigenvalue weighted by atomic mass is 15.0. The van der Waals surface area contributed by atoms with Crippen molar-refractivity contribution in [2.24, 2.45) is 5.41 Å². The van der Waals surface area contributed by atoms with Gasteiger partial charge in [-0.2, -0.15) is 0 Å². The van der Waals surface area contributed by atoms with Crippen LogP contribution in [-0.2, 0) is 5.41 Å². The van der Waals surface area contributed by atoms with Gasteiger partial charge < -0.3 is 9.13 Å². The number of nitrogens with zero attached hydrogens (tertiary/aromatic N) is 2. The summed E-state index contributed by atoms with van der Waals surface area (Å²) >= 11 is 0. The molecule has 0 unspecified atom stereocenters. The van der Waals surface area contributed by atoms with Gasteiger partial charge >= 0.3 is 0 Å². The molecule has 0 spiro atoms. The van der Waals surface area contributed by atoms with E-state index in [1.54, 1.807) is 0 Å². The summed E-state index contributed by atoms with van der Waals surface area (Å²) in [5.41, 5.74) is 11.7. The molecule has 0 atom stereocenters. The monoisotopic (exact) mass is 548 g/mol. The van der Waals surface area contributed by atoms with Gasteiger partial charge in [-0.3, -0.25) is 0 Å². The molecule has 0 radical (unpaired) electrons. The van der Waals surface area contributed by atoms with E-state index in [-0.39, 0.29) is 10.8 Å². The Morgan fingerprint density at radius 2 is 1.21 bits per heavy atom. The van der Waals surface area contributed by atoms with E-state index in [0.29, 0.717) is 0 Å². The van der Waals surface area contributed by atoms with Crippen LogP contribution in [0.1, 0.15) is 57.7 Å². The number of para-hydroxylation sites is 2. The molecule has 0 bridgehead atoms. The average molecular weight is 549 g/mol. The number of benzene rings is 5. The summed E-state index contributed by atoms with van der Waals surface area (Å²) in [4.78, 5) is 0. The number of rotatable bonds is 4. The van der Waals surface area contributed by atoms with E-state index >= 15 is 0 Å². The molecule has 2 heterocycles. The van der Waals surface area contributed by atoms with Gasteiger partial charge in [-0.15, -0.1) is 0 Å². The summed E-state index contributed by atoms with van der Waals surface area (Å²) in [5.74, 6) is 0. The van der Waals surface area contributed by atoms with Crippen LogP contribution in [0.4, 0.5) is 0 Å². The largest absolute Gasteiger partial charge is 0.309 e. The van der Waals surface area contributed by atoms with Crippen molar-refractivity contribution < 1.29 is 0 Å². The fourth-order valence-electron chi connectivity index (χ4n) is 7.61. The molecular formula is C40H40N2. The quantitative estimate of drug-likeness (QED) is 0.207. The first kappa shape index (κ1) is 26.6. The maximum atomic E-state index is 2.53. The third kappa shape index (κ3) is 4.16. The number of fused-ring (bicyclic) bond motifs is 7.